The number of anilines is 1. The van der Waals surface area contributed by atoms with E-state index in [2.05, 4.69) is 41.5 Å². The summed E-state index contributed by atoms with van der Waals surface area (Å²) in [6.45, 7) is 4.17. The molecule has 21 heavy (non-hydrogen) atoms. The SMILES string of the molecule is CC(C)Nc1nnc(-c2ccc(Cl)cc2)c2ccccc12. The summed E-state index contributed by atoms with van der Waals surface area (Å²) in [5.74, 6) is 0.818. The minimum atomic E-state index is 0.309. The molecule has 0 radical (unpaired) electrons. The van der Waals surface area contributed by atoms with Gasteiger partial charge in [0, 0.05) is 27.4 Å². The molecule has 3 rings (SSSR count). The molecule has 106 valence electrons. The summed E-state index contributed by atoms with van der Waals surface area (Å²) in [5, 5.41) is 15.0. The van der Waals surface area contributed by atoms with Crippen LogP contribution in [0.2, 0.25) is 5.02 Å². The Morgan fingerprint density at radius 1 is 0.905 bits per heavy atom. The Morgan fingerprint density at radius 3 is 2.24 bits per heavy atom. The minimum Gasteiger partial charge on any atom is -0.366 e. The third-order valence-electron chi connectivity index (χ3n) is 3.23. The highest BCUT2D eigenvalue weighted by Crippen LogP contribution is 2.30. The molecule has 0 atom stereocenters. The highest BCUT2D eigenvalue weighted by Gasteiger charge is 2.11. The number of fused-ring (bicyclic) bond motifs is 1. The van der Waals surface area contributed by atoms with Crippen molar-refractivity contribution in [2.24, 2.45) is 0 Å². The molecule has 0 amide bonds. The van der Waals surface area contributed by atoms with E-state index >= 15 is 0 Å². The number of nitrogens with one attached hydrogen (secondary N) is 1. The first kappa shape index (κ1) is 13.8. The van der Waals surface area contributed by atoms with Crippen LogP contribution in [-0.4, -0.2) is 16.2 Å². The van der Waals surface area contributed by atoms with E-state index in [1.54, 1.807) is 0 Å². The Bertz CT molecular complexity index is 767. The molecule has 0 saturated heterocycles. The number of nitrogens with zero attached hydrogens (tertiary/aromatic N) is 2. The van der Waals surface area contributed by atoms with Gasteiger partial charge in [-0.1, -0.05) is 48.0 Å². The molecule has 0 aliphatic carbocycles. The summed E-state index contributed by atoms with van der Waals surface area (Å²) in [4.78, 5) is 0. The number of halogens is 1. The molecule has 0 aliphatic rings. The van der Waals surface area contributed by atoms with Crippen molar-refractivity contribution in [3.05, 3.63) is 53.6 Å². The summed E-state index contributed by atoms with van der Waals surface area (Å²) in [5.41, 5.74) is 1.88. The maximum absolute atomic E-state index is 5.95. The summed E-state index contributed by atoms with van der Waals surface area (Å²) >= 11 is 5.95. The van der Waals surface area contributed by atoms with Crippen LogP contribution in [0.3, 0.4) is 0 Å². The van der Waals surface area contributed by atoms with Crippen LogP contribution < -0.4 is 5.32 Å². The predicted molar refractivity (Wildman–Crippen MR) is 88.7 cm³/mol. The summed E-state index contributed by atoms with van der Waals surface area (Å²) in [6.07, 6.45) is 0. The third kappa shape index (κ3) is 2.83. The quantitative estimate of drug-likeness (QED) is 0.756. The second-order valence-electron chi connectivity index (χ2n) is 5.25. The fourth-order valence-corrected chi connectivity index (χ4v) is 2.43. The summed E-state index contributed by atoms with van der Waals surface area (Å²) < 4.78 is 0. The van der Waals surface area contributed by atoms with Crippen molar-refractivity contribution in [2.75, 3.05) is 5.32 Å². The molecule has 0 saturated carbocycles. The van der Waals surface area contributed by atoms with Crippen molar-refractivity contribution in [2.45, 2.75) is 19.9 Å². The van der Waals surface area contributed by atoms with Gasteiger partial charge in [0.05, 0.1) is 0 Å². The van der Waals surface area contributed by atoms with E-state index in [9.17, 15) is 0 Å². The zero-order valence-corrected chi connectivity index (χ0v) is 12.7. The van der Waals surface area contributed by atoms with Gasteiger partial charge in [-0.25, -0.2) is 0 Å². The Labute approximate surface area is 129 Å². The van der Waals surface area contributed by atoms with Gasteiger partial charge < -0.3 is 5.32 Å². The highest BCUT2D eigenvalue weighted by atomic mass is 35.5. The molecule has 4 heteroatoms. The molecule has 0 spiro atoms. The lowest BCUT2D eigenvalue weighted by atomic mass is 10.0. The van der Waals surface area contributed by atoms with Crippen LogP contribution >= 0.6 is 11.6 Å². The van der Waals surface area contributed by atoms with Crippen LogP contribution in [0.4, 0.5) is 5.82 Å². The van der Waals surface area contributed by atoms with Crippen molar-refractivity contribution in [1.29, 1.82) is 0 Å². The van der Waals surface area contributed by atoms with Gasteiger partial charge in [0.2, 0.25) is 0 Å². The van der Waals surface area contributed by atoms with Gasteiger partial charge in [-0.3, -0.25) is 0 Å². The third-order valence-corrected chi connectivity index (χ3v) is 3.48. The van der Waals surface area contributed by atoms with E-state index in [0.717, 1.165) is 27.8 Å². The van der Waals surface area contributed by atoms with E-state index in [4.69, 9.17) is 11.6 Å². The molecule has 1 heterocycles. The standard InChI is InChI=1S/C17H16ClN3/c1-11(2)19-17-15-6-4-3-5-14(15)16(20-21-17)12-7-9-13(18)10-8-12/h3-11H,1-2H3,(H,19,21). The van der Waals surface area contributed by atoms with Gasteiger partial charge in [-0.2, -0.15) is 0 Å². The molecule has 2 aromatic carbocycles. The zero-order chi connectivity index (χ0) is 14.8. The smallest absolute Gasteiger partial charge is 0.156 e. The van der Waals surface area contributed by atoms with Crippen LogP contribution in [-0.2, 0) is 0 Å². The second kappa shape index (κ2) is 5.70. The van der Waals surface area contributed by atoms with E-state index in [0.29, 0.717) is 11.1 Å². The van der Waals surface area contributed by atoms with Gasteiger partial charge in [-0.15, -0.1) is 10.2 Å². The van der Waals surface area contributed by atoms with Gasteiger partial charge in [-0.05, 0) is 26.0 Å². The summed E-state index contributed by atoms with van der Waals surface area (Å²) in [7, 11) is 0. The lowest BCUT2D eigenvalue weighted by Crippen LogP contribution is -2.12. The Kier molecular flexibility index (Phi) is 3.76. The molecule has 0 unspecified atom stereocenters. The zero-order valence-electron chi connectivity index (χ0n) is 12.0. The molecule has 3 nitrogen and oxygen atoms in total. The fourth-order valence-electron chi connectivity index (χ4n) is 2.30. The Hall–Kier alpha value is -2.13. The molecule has 0 fully saturated rings. The van der Waals surface area contributed by atoms with Crippen LogP contribution in [0, 0.1) is 0 Å². The first-order chi connectivity index (χ1) is 10.1. The number of hydrogen-bond acceptors (Lipinski definition) is 3. The van der Waals surface area contributed by atoms with Gasteiger partial charge in [0.25, 0.3) is 0 Å². The minimum absolute atomic E-state index is 0.309. The first-order valence-electron chi connectivity index (χ1n) is 6.93. The topological polar surface area (TPSA) is 37.8 Å². The van der Waals surface area contributed by atoms with E-state index in [1.165, 1.54) is 0 Å². The lowest BCUT2D eigenvalue weighted by Gasteiger charge is -2.13. The van der Waals surface area contributed by atoms with Crippen LogP contribution in [0.5, 0.6) is 0 Å². The van der Waals surface area contributed by atoms with Crippen molar-refractivity contribution < 1.29 is 0 Å². The first-order valence-corrected chi connectivity index (χ1v) is 7.31. The predicted octanol–water partition coefficient (Wildman–Crippen LogP) is 4.77. The number of benzene rings is 2. The maximum atomic E-state index is 5.95. The van der Waals surface area contributed by atoms with Gasteiger partial charge >= 0.3 is 0 Å². The molecule has 0 aliphatic heterocycles. The highest BCUT2D eigenvalue weighted by molar-refractivity contribution is 6.30. The molecule has 3 aromatic rings. The maximum Gasteiger partial charge on any atom is 0.156 e. The van der Waals surface area contributed by atoms with Crippen LogP contribution in [0.25, 0.3) is 22.0 Å². The lowest BCUT2D eigenvalue weighted by molar-refractivity contribution is 0.879. The average molecular weight is 298 g/mol. The van der Waals surface area contributed by atoms with Crippen molar-refractivity contribution in [3.8, 4) is 11.3 Å². The Balaban J connectivity index is 2.19. The largest absolute Gasteiger partial charge is 0.366 e. The van der Waals surface area contributed by atoms with Crippen molar-refractivity contribution in [1.82, 2.24) is 10.2 Å². The van der Waals surface area contributed by atoms with Crippen LogP contribution in [0.15, 0.2) is 48.5 Å². The average Bonchev–Trinajstić information content (AvgIpc) is 2.48. The summed E-state index contributed by atoms with van der Waals surface area (Å²) in [6, 6.07) is 16.1. The number of aromatic nitrogens is 2. The van der Waals surface area contributed by atoms with Crippen molar-refractivity contribution >= 4 is 28.2 Å². The molecular formula is C17H16ClN3. The molecular weight excluding hydrogens is 282 g/mol. The van der Waals surface area contributed by atoms with E-state index in [-0.39, 0.29) is 0 Å². The van der Waals surface area contributed by atoms with Crippen LogP contribution in [0.1, 0.15) is 13.8 Å². The monoisotopic (exact) mass is 297 g/mol. The molecule has 0 bridgehead atoms. The van der Waals surface area contributed by atoms with E-state index in [1.807, 2.05) is 36.4 Å². The fraction of sp³-hybridized carbons (Fsp3) is 0.176. The number of hydrogen-bond donors (Lipinski definition) is 1. The van der Waals surface area contributed by atoms with Gasteiger partial charge in [0.1, 0.15) is 5.69 Å². The second-order valence-corrected chi connectivity index (χ2v) is 5.69. The van der Waals surface area contributed by atoms with Crippen molar-refractivity contribution in [3.63, 3.8) is 0 Å². The number of rotatable bonds is 3. The van der Waals surface area contributed by atoms with E-state index < -0.39 is 0 Å². The Morgan fingerprint density at radius 2 is 1.57 bits per heavy atom. The van der Waals surface area contributed by atoms with Gasteiger partial charge in [0.15, 0.2) is 5.82 Å². The normalized spacial score (nSPS) is 11.0. The molecule has 1 N–H and O–H groups in total. The molecule has 1 aromatic heterocycles.